The van der Waals surface area contributed by atoms with Crippen LogP contribution in [0.15, 0.2) is 42.6 Å². The molecule has 6 heteroatoms. The second kappa shape index (κ2) is 14.1. The smallest absolute Gasteiger partial charge is 0.242 e. The Balaban J connectivity index is 2.20. The van der Waals surface area contributed by atoms with Crippen molar-refractivity contribution in [2.75, 3.05) is 20.2 Å². The number of hydrogen-bond donors (Lipinski definition) is 0. The predicted molar refractivity (Wildman–Crippen MR) is 147 cm³/mol. The summed E-state index contributed by atoms with van der Waals surface area (Å²) >= 11 is 0. The molecule has 1 heterocycles. The maximum Gasteiger partial charge on any atom is 0.242 e. The molecule has 2 amide bonds. The van der Waals surface area contributed by atoms with Crippen molar-refractivity contribution in [2.45, 2.75) is 92.8 Å². The first-order valence-corrected chi connectivity index (χ1v) is 13.4. The van der Waals surface area contributed by atoms with E-state index in [-0.39, 0.29) is 29.8 Å². The number of nitrogens with zero attached hydrogens (tertiary/aromatic N) is 3. The van der Waals surface area contributed by atoms with Crippen LogP contribution >= 0.6 is 0 Å². The molecule has 0 saturated carbocycles. The molecule has 6 nitrogen and oxygen atoms in total. The quantitative estimate of drug-likeness (QED) is 0.295. The average Bonchev–Trinajstić information content (AvgIpc) is 3.26. The first-order valence-electron chi connectivity index (χ1n) is 13.4. The number of rotatable bonds is 14. The van der Waals surface area contributed by atoms with Gasteiger partial charge in [-0.25, -0.2) is 0 Å². The lowest BCUT2D eigenvalue weighted by atomic mass is 9.91. The summed E-state index contributed by atoms with van der Waals surface area (Å²) in [5.41, 5.74) is 2.11. The van der Waals surface area contributed by atoms with E-state index in [0.717, 1.165) is 42.7 Å². The molecule has 0 spiro atoms. The van der Waals surface area contributed by atoms with E-state index in [4.69, 9.17) is 4.74 Å². The molecule has 1 aromatic carbocycles. The number of unbranched alkanes of at least 4 members (excludes halogenated alkanes) is 2. The van der Waals surface area contributed by atoms with E-state index in [0.29, 0.717) is 26.1 Å². The van der Waals surface area contributed by atoms with E-state index in [2.05, 4.69) is 64.4 Å². The van der Waals surface area contributed by atoms with Crippen molar-refractivity contribution < 1.29 is 14.3 Å². The molecule has 0 aliphatic carbocycles. The van der Waals surface area contributed by atoms with E-state index in [1.165, 1.54) is 0 Å². The summed E-state index contributed by atoms with van der Waals surface area (Å²) < 4.78 is 7.56. The Morgan fingerprint density at radius 1 is 1.06 bits per heavy atom. The Hall–Kier alpha value is -2.76. The summed E-state index contributed by atoms with van der Waals surface area (Å²) in [5, 5.41) is 0. The highest BCUT2D eigenvalue weighted by Crippen LogP contribution is 2.21. The van der Waals surface area contributed by atoms with Gasteiger partial charge in [-0.1, -0.05) is 59.6 Å². The first-order chi connectivity index (χ1) is 17.1. The Bertz CT molecular complexity index is 960. The zero-order chi connectivity index (χ0) is 26.7. The van der Waals surface area contributed by atoms with Crippen LogP contribution in [0, 0.1) is 5.41 Å². The topological polar surface area (TPSA) is 54.8 Å². The molecule has 1 atom stereocenters. The highest BCUT2D eigenvalue weighted by atomic mass is 16.5. The third-order valence-corrected chi connectivity index (χ3v) is 6.58. The van der Waals surface area contributed by atoms with Crippen LogP contribution in [0.4, 0.5) is 0 Å². The predicted octanol–water partition coefficient (Wildman–Crippen LogP) is 6.13. The van der Waals surface area contributed by atoms with E-state index in [1.807, 2.05) is 29.2 Å². The van der Waals surface area contributed by atoms with Crippen LogP contribution in [0.3, 0.4) is 0 Å². The second-order valence-electron chi connectivity index (χ2n) is 11.0. The number of amides is 2. The summed E-state index contributed by atoms with van der Waals surface area (Å²) in [4.78, 5) is 30.5. The number of benzene rings is 1. The Morgan fingerprint density at radius 2 is 1.81 bits per heavy atom. The van der Waals surface area contributed by atoms with Crippen molar-refractivity contribution in [1.82, 2.24) is 14.4 Å². The van der Waals surface area contributed by atoms with Crippen molar-refractivity contribution in [3.63, 3.8) is 0 Å². The fourth-order valence-corrected chi connectivity index (χ4v) is 4.26. The molecule has 1 unspecified atom stereocenters. The molecule has 0 fully saturated rings. The van der Waals surface area contributed by atoms with Crippen molar-refractivity contribution in [2.24, 2.45) is 5.41 Å². The van der Waals surface area contributed by atoms with Crippen LogP contribution in [0.5, 0.6) is 5.75 Å². The maximum atomic E-state index is 13.6. The summed E-state index contributed by atoms with van der Waals surface area (Å²) in [6.45, 7) is 14.5. The molecule has 0 radical (unpaired) electrons. The van der Waals surface area contributed by atoms with Gasteiger partial charge in [0.1, 0.15) is 5.75 Å². The molecular weight excluding hydrogens is 450 g/mol. The van der Waals surface area contributed by atoms with Gasteiger partial charge in [-0.05, 0) is 55.0 Å². The number of ether oxygens (including phenoxy) is 1. The van der Waals surface area contributed by atoms with E-state index < -0.39 is 0 Å². The van der Waals surface area contributed by atoms with Gasteiger partial charge in [-0.2, -0.15) is 0 Å². The number of carbonyl (C=O) groups excluding carboxylic acids is 2. The van der Waals surface area contributed by atoms with Crippen LogP contribution < -0.4 is 4.74 Å². The van der Waals surface area contributed by atoms with E-state index in [1.54, 1.807) is 12.0 Å². The van der Waals surface area contributed by atoms with Gasteiger partial charge in [0.15, 0.2) is 0 Å². The lowest BCUT2D eigenvalue weighted by Crippen LogP contribution is -2.46. The van der Waals surface area contributed by atoms with Gasteiger partial charge in [0.2, 0.25) is 11.8 Å². The average molecular weight is 498 g/mol. The third kappa shape index (κ3) is 9.36. The number of hydrogen-bond acceptors (Lipinski definition) is 3. The highest BCUT2D eigenvalue weighted by Gasteiger charge is 2.27. The van der Waals surface area contributed by atoms with Crippen LogP contribution in [0.1, 0.15) is 84.9 Å². The molecule has 0 aliphatic rings. The number of methoxy groups -OCH3 is 1. The molecule has 0 N–H and O–H groups in total. The maximum absolute atomic E-state index is 13.6. The molecule has 0 bridgehead atoms. The summed E-state index contributed by atoms with van der Waals surface area (Å²) in [5.74, 6) is 0.912. The zero-order valence-corrected chi connectivity index (χ0v) is 23.5. The van der Waals surface area contributed by atoms with Crippen LogP contribution in [0.2, 0.25) is 0 Å². The minimum Gasteiger partial charge on any atom is -0.497 e. The molecule has 0 aliphatic heterocycles. The van der Waals surface area contributed by atoms with E-state index >= 15 is 0 Å². The summed E-state index contributed by atoms with van der Waals surface area (Å²) in [6, 6.07) is 12.2. The summed E-state index contributed by atoms with van der Waals surface area (Å²) in [7, 11) is 1.67. The van der Waals surface area contributed by atoms with Gasteiger partial charge >= 0.3 is 0 Å². The molecule has 0 saturated heterocycles. The minimum atomic E-state index is -0.111. The molecular formula is C30H47N3O3. The number of carbonyl (C=O) groups is 2. The van der Waals surface area contributed by atoms with E-state index in [9.17, 15) is 9.59 Å². The largest absolute Gasteiger partial charge is 0.497 e. The second-order valence-corrected chi connectivity index (χ2v) is 11.0. The van der Waals surface area contributed by atoms with Crippen molar-refractivity contribution in [1.29, 1.82) is 0 Å². The van der Waals surface area contributed by atoms with Gasteiger partial charge in [-0.3, -0.25) is 9.59 Å². The first kappa shape index (κ1) is 29.5. The van der Waals surface area contributed by atoms with Crippen molar-refractivity contribution in [3.05, 3.63) is 53.9 Å². The fourth-order valence-electron chi connectivity index (χ4n) is 4.26. The fraction of sp³-hybridized carbons (Fsp3) is 0.600. The Morgan fingerprint density at radius 3 is 2.44 bits per heavy atom. The normalized spacial score (nSPS) is 12.3. The van der Waals surface area contributed by atoms with Crippen molar-refractivity contribution in [3.8, 4) is 5.75 Å². The molecule has 2 aromatic rings. The van der Waals surface area contributed by atoms with Gasteiger partial charge < -0.3 is 19.1 Å². The molecule has 2 rings (SSSR count). The van der Waals surface area contributed by atoms with Crippen LogP contribution in [-0.2, 0) is 22.7 Å². The Labute approximate surface area is 218 Å². The van der Waals surface area contributed by atoms with Gasteiger partial charge in [0.05, 0.1) is 20.2 Å². The molecule has 1 aromatic heterocycles. The van der Waals surface area contributed by atoms with Gasteiger partial charge in [-0.15, -0.1) is 0 Å². The SMILES string of the molecule is CCCCCN(CC(=O)N(Cc1cccn1Cc1cccc(OC)c1)C(C)CC)C(=O)CC(C)(C)C. The van der Waals surface area contributed by atoms with Gasteiger partial charge in [0.25, 0.3) is 0 Å². The lowest BCUT2D eigenvalue weighted by molar-refractivity contribution is -0.143. The standard InChI is InChI=1S/C30H47N3O3/c1-8-10-11-17-32(28(34)20-30(4,5)6)23-29(35)33(24(3)9-2)22-26-15-13-18-31(26)21-25-14-12-16-27(19-25)36-7/h12-16,18-19,24H,8-11,17,20-23H2,1-7H3. The third-order valence-electron chi connectivity index (χ3n) is 6.58. The summed E-state index contributed by atoms with van der Waals surface area (Å²) in [6.07, 6.45) is 6.41. The van der Waals surface area contributed by atoms with Crippen molar-refractivity contribution >= 4 is 11.8 Å². The lowest BCUT2D eigenvalue weighted by Gasteiger charge is -2.33. The number of aromatic nitrogens is 1. The molecule has 200 valence electrons. The minimum absolute atomic E-state index is 0.0113. The molecule has 36 heavy (non-hydrogen) atoms. The zero-order valence-electron chi connectivity index (χ0n) is 23.5. The monoisotopic (exact) mass is 497 g/mol. The highest BCUT2D eigenvalue weighted by molar-refractivity contribution is 5.85. The Kier molecular flexibility index (Phi) is 11.5. The van der Waals surface area contributed by atoms with Crippen LogP contribution in [-0.4, -0.2) is 52.4 Å². The van der Waals surface area contributed by atoms with Crippen LogP contribution in [0.25, 0.3) is 0 Å². The van der Waals surface area contributed by atoms with Gasteiger partial charge in [0, 0.05) is 37.4 Å².